The minimum atomic E-state index is -4.07. The van der Waals surface area contributed by atoms with E-state index in [9.17, 15) is 18.9 Å². The molecule has 0 aliphatic carbocycles. The molecule has 0 N–H and O–H groups in total. The van der Waals surface area contributed by atoms with Crippen LogP contribution in [-0.4, -0.2) is 61.4 Å². The molecular weight excluding hydrogens is 515 g/mol. The molecule has 1 heterocycles. The first-order chi connectivity index (χ1) is 18.1. The van der Waals surface area contributed by atoms with Gasteiger partial charge in [-0.15, -0.1) is 0 Å². The van der Waals surface area contributed by atoms with E-state index >= 15 is 0 Å². The first-order valence-electron chi connectivity index (χ1n) is 12.1. The zero-order chi connectivity index (χ0) is 27.8. The Morgan fingerprint density at radius 2 is 1.39 bits per heavy atom. The second-order valence-electron chi connectivity index (χ2n) is 8.88. The van der Waals surface area contributed by atoms with Crippen molar-refractivity contribution >= 4 is 25.3 Å². The number of ether oxygens (including phenoxy) is 5. The summed E-state index contributed by atoms with van der Waals surface area (Å²) in [5, 5.41) is -2.08. The van der Waals surface area contributed by atoms with Gasteiger partial charge in [0.25, 0.3) is 7.37 Å². The molecule has 0 radical (unpaired) electrons. The second kappa shape index (κ2) is 13.2. The standard InChI is InChI=1S/C27H33O10P/c1-19(28)35-18-27(37-21(3)30)26(34-16-23-13-9-6-10-14-23)25(33-15-22-11-7-5-8-12-22)24(36-20(2)29)17-38(27,31)32-4/h5-14,24-26H,15-18H2,1-4H3/t24-,25-,26+,27-,38?/m1/s1. The van der Waals surface area contributed by atoms with Crippen molar-refractivity contribution in [3.05, 3.63) is 71.8 Å². The molecule has 5 atom stereocenters. The van der Waals surface area contributed by atoms with Crippen LogP contribution in [0.3, 0.4) is 0 Å². The molecule has 1 saturated heterocycles. The fraction of sp³-hybridized carbons (Fsp3) is 0.444. The zero-order valence-corrected chi connectivity index (χ0v) is 22.8. The van der Waals surface area contributed by atoms with Crippen LogP contribution in [0, 0.1) is 0 Å². The van der Waals surface area contributed by atoms with Gasteiger partial charge in [-0.2, -0.15) is 0 Å². The molecule has 0 saturated carbocycles. The maximum absolute atomic E-state index is 14.4. The number of carbonyl (C=O) groups excluding carboxylic acids is 3. The van der Waals surface area contributed by atoms with Crippen molar-refractivity contribution in [2.24, 2.45) is 0 Å². The molecule has 0 spiro atoms. The summed E-state index contributed by atoms with van der Waals surface area (Å²) in [6.07, 6.45) is -3.83. The number of rotatable bonds is 11. The quantitative estimate of drug-likeness (QED) is 0.232. The molecule has 11 heteroatoms. The average molecular weight is 549 g/mol. The number of benzene rings is 2. The lowest BCUT2D eigenvalue weighted by Gasteiger charge is -2.50. The van der Waals surface area contributed by atoms with Gasteiger partial charge in [-0.05, 0) is 11.1 Å². The molecule has 1 aliphatic heterocycles. The van der Waals surface area contributed by atoms with Gasteiger partial charge >= 0.3 is 17.9 Å². The van der Waals surface area contributed by atoms with E-state index in [-0.39, 0.29) is 19.4 Å². The van der Waals surface area contributed by atoms with Gasteiger partial charge in [0.1, 0.15) is 24.9 Å². The van der Waals surface area contributed by atoms with E-state index in [1.54, 1.807) is 0 Å². The number of hydrogen-bond donors (Lipinski definition) is 0. The normalized spacial score (nSPS) is 26.8. The van der Waals surface area contributed by atoms with Crippen molar-refractivity contribution in [1.29, 1.82) is 0 Å². The van der Waals surface area contributed by atoms with Crippen LogP contribution in [0.25, 0.3) is 0 Å². The Morgan fingerprint density at radius 3 is 1.87 bits per heavy atom. The Morgan fingerprint density at radius 1 is 0.842 bits per heavy atom. The highest BCUT2D eigenvalue weighted by Gasteiger charge is 2.68. The van der Waals surface area contributed by atoms with Gasteiger partial charge in [0.05, 0.1) is 19.4 Å². The monoisotopic (exact) mass is 548 g/mol. The third-order valence-corrected chi connectivity index (χ3v) is 9.14. The Bertz CT molecular complexity index is 1140. The van der Waals surface area contributed by atoms with Crippen LogP contribution in [-0.2, 0) is 60.4 Å². The summed E-state index contributed by atoms with van der Waals surface area (Å²) < 4.78 is 49.0. The highest BCUT2D eigenvalue weighted by atomic mass is 31.2. The van der Waals surface area contributed by atoms with Crippen LogP contribution < -0.4 is 0 Å². The maximum atomic E-state index is 14.4. The lowest BCUT2D eigenvalue weighted by Crippen LogP contribution is -2.64. The van der Waals surface area contributed by atoms with Gasteiger partial charge in [0, 0.05) is 27.9 Å². The second-order valence-corrected chi connectivity index (χ2v) is 11.7. The van der Waals surface area contributed by atoms with Crippen LogP contribution in [0.5, 0.6) is 0 Å². The largest absolute Gasteiger partial charge is 0.461 e. The molecule has 0 amide bonds. The molecule has 1 fully saturated rings. The molecule has 3 rings (SSSR count). The molecule has 0 aromatic heterocycles. The molecule has 2 aromatic rings. The minimum absolute atomic E-state index is 0.00368. The molecule has 0 bridgehead atoms. The Hall–Kier alpha value is -3.04. The first-order valence-corrected chi connectivity index (χ1v) is 13.9. The fourth-order valence-corrected chi connectivity index (χ4v) is 7.09. The molecule has 1 unspecified atom stereocenters. The number of carbonyl (C=O) groups is 3. The van der Waals surface area contributed by atoms with Gasteiger partial charge in [-0.25, -0.2) is 0 Å². The summed E-state index contributed by atoms with van der Waals surface area (Å²) in [6, 6.07) is 18.4. The van der Waals surface area contributed by atoms with Crippen molar-refractivity contribution in [1.82, 2.24) is 0 Å². The van der Waals surface area contributed by atoms with E-state index in [2.05, 4.69) is 0 Å². The maximum Gasteiger partial charge on any atom is 0.303 e. The molecule has 1 aliphatic rings. The number of esters is 3. The van der Waals surface area contributed by atoms with Gasteiger partial charge in [0.2, 0.25) is 5.34 Å². The topological polar surface area (TPSA) is 124 Å². The van der Waals surface area contributed by atoms with Crippen LogP contribution >= 0.6 is 7.37 Å². The molecular formula is C27H33O10P. The average Bonchev–Trinajstić information content (AvgIpc) is 2.88. The highest BCUT2D eigenvalue weighted by molar-refractivity contribution is 7.60. The molecule has 206 valence electrons. The smallest absolute Gasteiger partial charge is 0.303 e. The van der Waals surface area contributed by atoms with E-state index < -0.39 is 55.5 Å². The lowest BCUT2D eigenvalue weighted by atomic mass is 10.0. The van der Waals surface area contributed by atoms with Crippen molar-refractivity contribution < 1.29 is 47.2 Å². The van der Waals surface area contributed by atoms with E-state index in [0.717, 1.165) is 18.1 Å². The van der Waals surface area contributed by atoms with E-state index in [4.69, 9.17) is 28.2 Å². The molecule has 2 aromatic carbocycles. The minimum Gasteiger partial charge on any atom is -0.461 e. The summed E-state index contributed by atoms with van der Waals surface area (Å²) >= 11 is 0. The van der Waals surface area contributed by atoms with E-state index in [1.807, 2.05) is 60.7 Å². The number of hydrogen-bond acceptors (Lipinski definition) is 10. The Labute approximate surface area is 221 Å². The summed E-state index contributed by atoms with van der Waals surface area (Å²) in [5.74, 6) is -2.12. The molecule has 38 heavy (non-hydrogen) atoms. The first kappa shape index (κ1) is 29.5. The third kappa shape index (κ3) is 7.08. The van der Waals surface area contributed by atoms with Crippen LogP contribution in [0.1, 0.15) is 31.9 Å². The SMILES string of the molecule is COP1(=O)C[C@@H](OC(C)=O)[C@@H](OCc2ccccc2)[C@H](OCc2ccccc2)[C@]1(COC(C)=O)OC(C)=O. The van der Waals surface area contributed by atoms with Crippen LogP contribution in [0.15, 0.2) is 60.7 Å². The highest BCUT2D eigenvalue weighted by Crippen LogP contribution is 2.65. The van der Waals surface area contributed by atoms with E-state index in [0.29, 0.717) is 0 Å². The zero-order valence-electron chi connectivity index (χ0n) is 21.9. The predicted octanol–water partition coefficient (Wildman–Crippen LogP) is 3.85. The Kier molecular flexibility index (Phi) is 10.2. The van der Waals surface area contributed by atoms with Crippen molar-refractivity contribution in [3.63, 3.8) is 0 Å². The van der Waals surface area contributed by atoms with E-state index in [1.165, 1.54) is 21.0 Å². The molecule has 10 nitrogen and oxygen atoms in total. The van der Waals surface area contributed by atoms with Crippen LogP contribution in [0.4, 0.5) is 0 Å². The van der Waals surface area contributed by atoms with Crippen LogP contribution in [0.2, 0.25) is 0 Å². The van der Waals surface area contributed by atoms with Gasteiger partial charge < -0.3 is 28.2 Å². The summed E-state index contributed by atoms with van der Waals surface area (Å²) in [7, 11) is -2.88. The Balaban J connectivity index is 2.13. The summed E-state index contributed by atoms with van der Waals surface area (Å²) in [5.41, 5.74) is 1.58. The third-order valence-electron chi connectivity index (χ3n) is 6.08. The lowest BCUT2D eigenvalue weighted by molar-refractivity contribution is -0.217. The fourth-order valence-electron chi connectivity index (χ4n) is 4.43. The van der Waals surface area contributed by atoms with Crippen molar-refractivity contribution in [2.75, 3.05) is 19.9 Å². The van der Waals surface area contributed by atoms with Crippen molar-refractivity contribution in [3.8, 4) is 0 Å². The summed E-state index contributed by atoms with van der Waals surface area (Å²) in [4.78, 5) is 36.3. The van der Waals surface area contributed by atoms with Gasteiger partial charge in [0.15, 0.2) is 0 Å². The predicted molar refractivity (Wildman–Crippen MR) is 136 cm³/mol. The van der Waals surface area contributed by atoms with Gasteiger partial charge in [-0.1, -0.05) is 60.7 Å². The summed E-state index contributed by atoms with van der Waals surface area (Å²) in [6.45, 7) is 2.99. The van der Waals surface area contributed by atoms with Gasteiger partial charge in [-0.3, -0.25) is 18.9 Å². The van der Waals surface area contributed by atoms with Crippen molar-refractivity contribution in [2.45, 2.75) is 57.6 Å².